The minimum atomic E-state index is -3.90. The van der Waals surface area contributed by atoms with Gasteiger partial charge in [-0.3, -0.25) is 8.98 Å². The van der Waals surface area contributed by atoms with Crippen molar-refractivity contribution in [3.8, 4) is 0 Å². The molecule has 3 saturated heterocycles. The van der Waals surface area contributed by atoms with Crippen LogP contribution in [-0.4, -0.2) is 63.1 Å². The van der Waals surface area contributed by atoms with Crippen molar-refractivity contribution in [3.05, 3.63) is 0 Å². The van der Waals surface area contributed by atoms with E-state index in [-0.39, 0.29) is 6.42 Å². The normalized spacial score (nSPS) is 36.9. The van der Waals surface area contributed by atoms with Crippen molar-refractivity contribution in [1.29, 1.82) is 0 Å². The molecule has 0 aromatic rings. The summed E-state index contributed by atoms with van der Waals surface area (Å²) in [7, 11) is -3.90. The third-order valence-electron chi connectivity index (χ3n) is 4.02. The topological polar surface area (TPSA) is 105 Å². The molecule has 3 heterocycles. The van der Waals surface area contributed by atoms with E-state index in [4.69, 9.17) is 13.7 Å². The number of carbonyl (C=O) groups is 2. The summed E-state index contributed by atoms with van der Waals surface area (Å²) in [5, 5.41) is -1.11. The summed E-state index contributed by atoms with van der Waals surface area (Å²) in [6.45, 7) is -0.618. The minimum Gasteiger partial charge on any atom is -0.462 e. The van der Waals surface area contributed by atoms with Gasteiger partial charge in [-0.25, -0.2) is 4.79 Å². The van der Waals surface area contributed by atoms with Crippen LogP contribution in [0.4, 0.5) is 8.78 Å². The fourth-order valence-electron chi connectivity index (χ4n) is 3.10. The van der Waals surface area contributed by atoms with E-state index in [1.54, 1.807) is 0 Å². The second-order valence-electron chi connectivity index (χ2n) is 5.68. The molecule has 11 heteroatoms. The van der Waals surface area contributed by atoms with Gasteiger partial charge in [0.1, 0.15) is 36.6 Å². The van der Waals surface area contributed by atoms with Crippen LogP contribution in [0.25, 0.3) is 0 Å². The van der Waals surface area contributed by atoms with E-state index >= 15 is 0 Å². The molecule has 0 saturated carbocycles. The highest BCUT2D eigenvalue weighted by atomic mass is 32.2. The van der Waals surface area contributed by atoms with Gasteiger partial charge in [0.05, 0.1) is 6.10 Å². The number of fused-ring (bicyclic) bond motifs is 1. The third-order valence-corrected chi connectivity index (χ3v) is 5.77. The zero-order valence-electron chi connectivity index (χ0n) is 11.9. The predicted molar refractivity (Wildman–Crippen MR) is 66.9 cm³/mol. The molecule has 5 unspecified atom stereocenters. The van der Waals surface area contributed by atoms with Crippen LogP contribution < -0.4 is 0 Å². The number of alkyl halides is 2. The number of halogens is 2. The zero-order valence-corrected chi connectivity index (χ0v) is 12.8. The van der Waals surface area contributed by atoms with Crippen LogP contribution in [0.5, 0.6) is 0 Å². The Bertz CT molecular complexity index is 625. The SMILES string of the molecule is CC(F)(F)C(=O)OCCOC(=O)C1C2CC3OS(=O)(=O)C1C3O2. The summed E-state index contributed by atoms with van der Waals surface area (Å²) < 4.78 is 68.2. The lowest BCUT2D eigenvalue weighted by Crippen LogP contribution is -2.41. The van der Waals surface area contributed by atoms with Crippen molar-refractivity contribution in [2.45, 2.75) is 42.8 Å². The lowest BCUT2D eigenvalue weighted by Gasteiger charge is -2.20. The smallest absolute Gasteiger partial charge is 0.376 e. The molecule has 130 valence electrons. The summed E-state index contributed by atoms with van der Waals surface area (Å²) in [4.78, 5) is 22.9. The highest BCUT2D eigenvalue weighted by molar-refractivity contribution is 7.87. The maximum absolute atomic E-state index is 12.6. The largest absolute Gasteiger partial charge is 0.462 e. The maximum atomic E-state index is 12.6. The van der Waals surface area contributed by atoms with Crippen molar-refractivity contribution < 1.29 is 45.2 Å². The number of rotatable bonds is 5. The molecular weight excluding hydrogens is 342 g/mol. The van der Waals surface area contributed by atoms with E-state index in [1.165, 1.54) is 0 Å². The molecular formula is C12H14F2O8S. The van der Waals surface area contributed by atoms with Gasteiger partial charge in [-0.05, 0) is 0 Å². The third kappa shape index (κ3) is 2.81. The van der Waals surface area contributed by atoms with Crippen LogP contribution in [0.15, 0.2) is 0 Å². The number of ether oxygens (including phenoxy) is 3. The molecule has 8 nitrogen and oxygen atoms in total. The van der Waals surface area contributed by atoms with E-state index in [2.05, 4.69) is 4.74 Å². The van der Waals surface area contributed by atoms with Gasteiger partial charge in [-0.1, -0.05) is 0 Å². The van der Waals surface area contributed by atoms with Gasteiger partial charge in [-0.2, -0.15) is 17.2 Å². The molecule has 0 aromatic heterocycles. The standard InChI is InChI=1S/C12H14F2O8S/c1-12(13,14)11(16)20-3-2-19-10(15)7-5-4-6-8(21-5)9(7)23(17,18)22-6/h5-9H,2-4H2,1H3. The second kappa shape index (κ2) is 5.35. The van der Waals surface area contributed by atoms with Crippen LogP contribution in [0.1, 0.15) is 13.3 Å². The van der Waals surface area contributed by atoms with Crippen molar-refractivity contribution in [1.82, 2.24) is 0 Å². The molecule has 0 aromatic carbocycles. The van der Waals surface area contributed by atoms with E-state index in [0.717, 1.165) is 0 Å². The average Bonchev–Trinajstić information content (AvgIpc) is 3.02. The number of carbonyl (C=O) groups excluding carboxylic acids is 2. The van der Waals surface area contributed by atoms with Gasteiger partial charge in [0, 0.05) is 13.3 Å². The predicted octanol–water partition coefficient (Wildman–Crippen LogP) is -0.387. The highest BCUT2D eigenvalue weighted by Crippen LogP contribution is 2.50. The molecule has 2 bridgehead atoms. The van der Waals surface area contributed by atoms with Gasteiger partial charge in [0.25, 0.3) is 10.1 Å². The first-order valence-corrected chi connectivity index (χ1v) is 8.37. The lowest BCUT2D eigenvalue weighted by atomic mass is 9.87. The highest BCUT2D eigenvalue weighted by Gasteiger charge is 2.68. The van der Waals surface area contributed by atoms with Gasteiger partial charge in [0.2, 0.25) is 0 Å². The summed E-state index contributed by atoms with van der Waals surface area (Å²) in [5.74, 6) is -7.22. The molecule has 5 atom stereocenters. The van der Waals surface area contributed by atoms with Crippen molar-refractivity contribution in [2.24, 2.45) is 5.92 Å². The lowest BCUT2D eigenvalue weighted by molar-refractivity contribution is -0.172. The van der Waals surface area contributed by atoms with Crippen LogP contribution in [0, 0.1) is 5.92 Å². The van der Waals surface area contributed by atoms with Crippen molar-refractivity contribution in [2.75, 3.05) is 13.2 Å². The maximum Gasteiger partial charge on any atom is 0.376 e. The fourth-order valence-corrected chi connectivity index (χ4v) is 4.98. The Hall–Kier alpha value is -1.33. The first-order chi connectivity index (χ1) is 10.6. The number of hydrogen-bond donors (Lipinski definition) is 0. The Kier molecular flexibility index (Phi) is 3.84. The Morgan fingerprint density at radius 1 is 1.22 bits per heavy atom. The minimum absolute atomic E-state index is 0.275. The van der Waals surface area contributed by atoms with E-state index in [0.29, 0.717) is 6.92 Å². The molecule has 0 spiro atoms. The van der Waals surface area contributed by atoms with E-state index in [9.17, 15) is 26.8 Å². The fraction of sp³-hybridized carbons (Fsp3) is 0.833. The van der Waals surface area contributed by atoms with E-state index in [1.807, 2.05) is 0 Å². The van der Waals surface area contributed by atoms with Crippen molar-refractivity contribution in [3.63, 3.8) is 0 Å². The first kappa shape index (κ1) is 16.5. The van der Waals surface area contributed by atoms with Crippen LogP contribution in [-0.2, 0) is 38.1 Å². The monoisotopic (exact) mass is 356 g/mol. The molecule has 0 radical (unpaired) electrons. The molecule has 3 fully saturated rings. The van der Waals surface area contributed by atoms with Crippen LogP contribution in [0.3, 0.4) is 0 Å². The van der Waals surface area contributed by atoms with Gasteiger partial charge < -0.3 is 14.2 Å². The first-order valence-electron chi connectivity index (χ1n) is 6.90. The molecule has 3 rings (SSSR count). The molecule has 3 aliphatic heterocycles. The average molecular weight is 356 g/mol. The Morgan fingerprint density at radius 2 is 1.87 bits per heavy atom. The summed E-state index contributed by atoms with van der Waals surface area (Å²) >= 11 is 0. The number of hydrogen-bond acceptors (Lipinski definition) is 8. The quantitative estimate of drug-likeness (QED) is 0.373. The zero-order chi connectivity index (χ0) is 17.0. The van der Waals surface area contributed by atoms with E-state index < -0.39 is 70.7 Å². The van der Waals surface area contributed by atoms with Gasteiger partial charge in [0.15, 0.2) is 0 Å². The van der Waals surface area contributed by atoms with Crippen molar-refractivity contribution >= 4 is 22.1 Å². The molecule has 0 N–H and O–H groups in total. The summed E-state index contributed by atoms with van der Waals surface area (Å²) in [6, 6.07) is 0. The Balaban J connectivity index is 1.53. The van der Waals surface area contributed by atoms with Crippen LogP contribution in [0.2, 0.25) is 0 Å². The molecule has 0 aliphatic carbocycles. The Labute approximate surface area is 130 Å². The Morgan fingerprint density at radius 3 is 2.52 bits per heavy atom. The second-order valence-corrected chi connectivity index (χ2v) is 7.41. The van der Waals surface area contributed by atoms with Gasteiger partial charge in [-0.15, -0.1) is 0 Å². The summed E-state index contributed by atoms with van der Waals surface area (Å²) in [5.41, 5.74) is 0. The molecule has 23 heavy (non-hydrogen) atoms. The molecule has 0 amide bonds. The molecule has 3 aliphatic rings. The van der Waals surface area contributed by atoms with Crippen LogP contribution >= 0.6 is 0 Å². The number of esters is 2. The van der Waals surface area contributed by atoms with Gasteiger partial charge >= 0.3 is 17.9 Å². The summed E-state index contributed by atoms with van der Waals surface area (Å²) in [6.07, 6.45) is -1.58.